The summed E-state index contributed by atoms with van der Waals surface area (Å²) in [5, 5.41) is 10.7. The van der Waals surface area contributed by atoms with Crippen LogP contribution < -0.4 is 5.56 Å². The molecule has 0 unspecified atom stereocenters. The number of rotatable bonds is 1. The fourth-order valence-electron chi connectivity index (χ4n) is 2.14. The maximum absolute atomic E-state index is 13.8. The monoisotopic (exact) mass is 255 g/mol. The molecule has 1 aromatic heterocycles. The Kier molecular flexibility index (Phi) is 2.56. The molecular weight excluding hydrogens is 245 g/mol. The van der Waals surface area contributed by atoms with E-state index in [9.17, 15) is 14.3 Å². The van der Waals surface area contributed by atoms with Crippen LogP contribution in [0.4, 0.5) is 4.39 Å². The molecule has 0 aliphatic heterocycles. The molecule has 0 spiro atoms. The van der Waals surface area contributed by atoms with Gasteiger partial charge in [-0.15, -0.1) is 0 Å². The molecule has 0 saturated carbocycles. The zero-order chi connectivity index (χ0) is 13.4. The van der Waals surface area contributed by atoms with Gasteiger partial charge in [0.05, 0.1) is 11.1 Å². The van der Waals surface area contributed by atoms with Crippen LogP contribution in [0.15, 0.2) is 53.3 Å². The van der Waals surface area contributed by atoms with E-state index in [0.29, 0.717) is 10.9 Å². The average molecular weight is 255 g/mol. The van der Waals surface area contributed by atoms with Gasteiger partial charge >= 0.3 is 0 Å². The number of halogens is 1. The quantitative estimate of drug-likeness (QED) is 0.702. The molecule has 0 amide bonds. The number of hydrogen-bond acceptors (Lipinski definition) is 2. The second-order valence-electron chi connectivity index (χ2n) is 4.20. The molecule has 0 radical (unpaired) electrons. The molecule has 19 heavy (non-hydrogen) atoms. The number of aromatic hydroxyl groups is 1. The third kappa shape index (κ3) is 1.78. The molecule has 0 bridgehead atoms. The highest BCUT2D eigenvalue weighted by Crippen LogP contribution is 2.32. The molecule has 3 rings (SSSR count). The molecule has 0 atom stereocenters. The largest absolute Gasteiger partial charge is 0.506 e. The van der Waals surface area contributed by atoms with Gasteiger partial charge in [0.15, 0.2) is 0 Å². The smallest absolute Gasteiger partial charge is 0.260 e. The molecule has 0 saturated heterocycles. The topological polar surface area (TPSA) is 53.1 Å². The molecule has 4 heteroatoms. The van der Waals surface area contributed by atoms with Gasteiger partial charge in [-0.1, -0.05) is 30.3 Å². The Morgan fingerprint density at radius 2 is 1.68 bits per heavy atom. The van der Waals surface area contributed by atoms with Gasteiger partial charge in [-0.3, -0.25) is 4.79 Å². The van der Waals surface area contributed by atoms with Crippen molar-refractivity contribution in [2.24, 2.45) is 0 Å². The van der Waals surface area contributed by atoms with Crippen LogP contribution in [0.5, 0.6) is 5.75 Å². The first kappa shape index (κ1) is 11.5. The molecule has 3 nitrogen and oxygen atoms in total. The summed E-state index contributed by atoms with van der Waals surface area (Å²) in [6.07, 6.45) is 0. The second-order valence-corrected chi connectivity index (χ2v) is 4.20. The molecule has 2 aromatic carbocycles. The van der Waals surface area contributed by atoms with E-state index in [1.54, 1.807) is 30.3 Å². The summed E-state index contributed by atoms with van der Waals surface area (Å²) in [7, 11) is 0. The van der Waals surface area contributed by atoms with E-state index in [1.807, 2.05) is 0 Å². The third-order valence-electron chi connectivity index (χ3n) is 3.04. The summed E-state index contributed by atoms with van der Waals surface area (Å²) in [4.78, 5) is 14.7. The Bertz CT molecular complexity index is 824. The first-order valence-corrected chi connectivity index (χ1v) is 5.77. The van der Waals surface area contributed by atoms with Crippen molar-refractivity contribution < 1.29 is 9.50 Å². The number of H-pyrrole nitrogens is 1. The molecular formula is C15H10FNO2. The number of nitrogens with one attached hydrogen (secondary N) is 1. The van der Waals surface area contributed by atoms with Gasteiger partial charge in [0.25, 0.3) is 5.56 Å². The summed E-state index contributed by atoms with van der Waals surface area (Å²) in [5.74, 6) is -0.747. The lowest BCUT2D eigenvalue weighted by Crippen LogP contribution is -2.10. The van der Waals surface area contributed by atoms with Crippen LogP contribution >= 0.6 is 0 Å². The van der Waals surface area contributed by atoms with E-state index in [-0.39, 0.29) is 16.9 Å². The third-order valence-corrected chi connectivity index (χ3v) is 3.04. The molecule has 0 fully saturated rings. The lowest BCUT2D eigenvalue weighted by Gasteiger charge is -2.08. The molecule has 0 aliphatic rings. The first-order valence-electron chi connectivity index (χ1n) is 5.77. The minimum Gasteiger partial charge on any atom is -0.506 e. The summed E-state index contributed by atoms with van der Waals surface area (Å²) in [6, 6.07) is 12.7. The lowest BCUT2D eigenvalue weighted by molar-refractivity contribution is 0.482. The molecule has 1 heterocycles. The fraction of sp³-hybridized carbons (Fsp3) is 0. The molecule has 0 aliphatic carbocycles. The Hall–Kier alpha value is -2.62. The van der Waals surface area contributed by atoms with E-state index < -0.39 is 11.4 Å². The van der Waals surface area contributed by atoms with Crippen LogP contribution in [0.1, 0.15) is 0 Å². The van der Waals surface area contributed by atoms with Crippen LogP contribution in [0.3, 0.4) is 0 Å². The number of aromatic nitrogens is 1. The van der Waals surface area contributed by atoms with E-state index in [4.69, 9.17) is 0 Å². The Morgan fingerprint density at radius 1 is 1.00 bits per heavy atom. The van der Waals surface area contributed by atoms with Gasteiger partial charge < -0.3 is 10.1 Å². The highest BCUT2D eigenvalue weighted by molar-refractivity contribution is 5.91. The van der Waals surface area contributed by atoms with Gasteiger partial charge in [-0.25, -0.2) is 4.39 Å². The zero-order valence-electron chi connectivity index (χ0n) is 9.85. The summed E-state index contributed by atoms with van der Waals surface area (Å²) < 4.78 is 13.8. The number of benzene rings is 2. The molecule has 2 N–H and O–H groups in total. The Labute approximate surface area is 108 Å². The van der Waals surface area contributed by atoms with Crippen molar-refractivity contribution >= 4 is 10.9 Å². The maximum Gasteiger partial charge on any atom is 0.260 e. The number of pyridine rings is 1. The van der Waals surface area contributed by atoms with Crippen molar-refractivity contribution in [3.05, 3.63) is 64.7 Å². The van der Waals surface area contributed by atoms with Gasteiger partial charge in [0, 0.05) is 10.9 Å². The van der Waals surface area contributed by atoms with E-state index in [1.165, 1.54) is 18.2 Å². The SMILES string of the molecule is O=c1[nH]c2ccccc2c(O)c1-c1ccccc1F. The number of hydrogen-bond donors (Lipinski definition) is 2. The molecule has 3 aromatic rings. The van der Waals surface area contributed by atoms with Gasteiger partial charge in [-0.2, -0.15) is 0 Å². The predicted octanol–water partition coefficient (Wildman–Crippen LogP) is 3.04. The van der Waals surface area contributed by atoms with Gasteiger partial charge in [-0.05, 0) is 18.2 Å². The fourth-order valence-corrected chi connectivity index (χ4v) is 2.14. The van der Waals surface area contributed by atoms with Crippen LogP contribution in [0.2, 0.25) is 0 Å². The average Bonchev–Trinajstić information content (AvgIpc) is 2.41. The van der Waals surface area contributed by atoms with Crippen molar-refractivity contribution in [2.45, 2.75) is 0 Å². The number of para-hydroxylation sites is 1. The van der Waals surface area contributed by atoms with Gasteiger partial charge in [0.2, 0.25) is 0 Å². The lowest BCUT2D eigenvalue weighted by atomic mass is 10.0. The van der Waals surface area contributed by atoms with Crippen molar-refractivity contribution in [1.29, 1.82) is 0 Å². The van der Waals surface area contributed by atoms with E-state index >= 15 is 0 Å². The standard InChI is InChI=1S/C15H10FNO2/c16-11-7-3-1-5-9(11)13-14(18)10-6-2-4-8-12(10)17-15(13)19/h1-8H,(H2,17,18,19). The van der Waals surface area contributed by atoms with E-state index in [2.05, 4.69) is 4.98 Å². The van der Waals surface area contributed by atoms with Crippen molar-refractivity contribution in [1.82, 2.24) is 4.98 Å². The maximum atomic E-state index is 13.8. The molecule has 94 valence electrons. The Morgan fingerprint density at radius 3 is 2.47 bits per heavy atom. The minimum absolute atomic E-state index is 0.0446. The number of aromatic amines is 1. The first-order chi connectivity index (χ1) is 9.18. The van der Waals surface area contributed by atoms with Crippen LogP contribution in [0.25, 0.3) is 22.0 Å². The highest BCUT2D eigenvalue weighted by atomic mass is 19.1. The number of fused-ring (bicyclic) bond motifs is 1. The van der Waals surface area contributed by atoms with Crippen LogP contribution in [-0.2, 0) is 0 Å². The van der Waals surface area contributed by atoms with Crippen LogP contribution in [-0.4, -0.2) is 10.1 Å². The van der Waals surface area contributed by atoms with E-state index in [0.717, 1.165) is 0 Å². The summed E-state index contributed by atoms with van der Waals surface area (Å²) >= 11 is 0. The van der Waals surface area contributed by atoms with Crippen LogP contribution in [0, 0.1) is 5.82 Å². The second kappa shape index (κ2) is 4.24. The highest BCUT2D eigenvalue weighted by Gasteiger charge is 2.16. The minimum atomic E-state index is -0.543. The van der Waals surface area contributed by atoms with Crippen molar-refractivity contribution in [3.8, 4) is 16.9 Å². The van der Waals surface area contributed by atoms with Crippen molar-refractivity contribution in [3.63, 3.8) is 0 Å². The summed E-state index contributed by atoms with van der Waals surface area (Å²) in [5.41, 5.74) is 0.0511. The normalized spacial score (nSPS) is 10.8. The zero-order valence-corrected chi connectivity index (χ0v) is 9.85. The van der Waals surface area contributed by atoms with Gasteiger partial charge in [0.1, 0.15) is 11.6 Å². The summed E-state index contributed by atoms with van der Waals surface area (Å²) in [6.45, 7) is 0. The Balaban J connectivity index is 2.43. The predicted molar refractivity (Wildman–Crippen MR) is 71.6 cm³/mol. The van der Waals surface area contributed by atoms with Crippen molar-refractivity contribution in [2.75, 3.05) is 0 Å².